The van der Waals surface area contributed by atoms with Gasteiger partial charge in [0.2, 0.25) is 5.91 Å². The molecule has 2 heterocycles. The molecular formula is C17H24FN3O. The number of hydrogen-bond acceptors (Lipinski definition) is 3. The number of hydrogen-bond donors (Lipinski definition) is 1. The second-order valence-electron chi connectivity index (χ2n) is 6.40. The van der Waals surface area contributed by atoms with E-state index in [9.17, 15) is 9.18 Å². The highest BCUT2D eigenvalue weighted by Crippen LogP contribution is 2.21. The first-order valence-electron chi connectivity index (χ1n) is 8.17. The fraction of sp³-hybridized carbons (Fsp3) is 0.588. The molecule has 2 saturated heterocycles. The molecule has 0 bridgehead atoms. The lowest BCUT2D eigenvalue weighted by Crippen LogP contribution is -2.55. The van der Waals surface area contributed by atoms with Gasteiger partial charge in [-0.15, -0.1) is 0 Å². The number of piperidine rings is 1. The average molecular weight is 305 g/mol. The SMILES string of the molecule is CC1CCNC(C(=O)N2CCN(c3ccccc3F)CC2)C1. The van der Waals surface area contributed by atoms with Crippen molar-refractivity contribution in [2.75, 3.05) is 37.6 Å². The average Bonchev–Trinajstić information content (AvgIpc) is 2.55. The molecule has 2 aliphatic heterocycles. The van der Waals surface area contributed by atoms with Crippen molar-refractivity contribution >= 4 is 11.6 Å². The van der Waals surface area contributed by atoms with Crippen LogP contribution < -0.4 is 10.2 Å². The van der Waals surface area contributed by atoms with Gasteiger partial charge in [-0.3, -0.25) is 4.79 Å². The number of anilines is 1. The Labute approximate surface area is 131 Å². The summed E-state index contributed by atoms with van der Waals surface area (Å²) in [5.74, 6) is 0.625. The molecule has 2 unspecified atom stereocenters. The van der Waals surface area contributed by atoms with Crippen molar-refractivity contribution < 1.29 is 9.18 Å². The molecule has 0 aromatic heterocycles. The van der Waals surface area contributed by atoms with Gasteiger partial charge >= 0.3 is 0 Å². The summed E-state index contributed by atoms with van der Waals surface area (Å²) in [7, 11) is 0. The van der Waals surface area contributed by atoms with Gasteiger partial charge < -0.3 is 15.1 Å². The van der Waals surface area contributed by atoms with Crippen LogP contribution in [0.1, 0.15) is 19.8 Å². The summed E-state index contributed by atoms with van der Waals surface area (Å²) in [5, 5.41) is 3.33. The highest BCUT2D eigenvalue weighted by Gasteiger charge is 2.30. The van der Waals surface area contributed by atoms with Crippen LogP contribution in [0, 0.1) is 11.7 Å². The van der Waals surface area contributed by atoms with Gasteiger partial charge in [-0.05, 0) is 37.4 Å². The van der Waals surface area contributed by atoms with Gasteiger partial charge in [-0.2, -0.15) is 0 Å². The Kier molecular flexibility index (Phi) is 4.62. The molecule has 0 saturated carbocycles. The Hall–Kier alpha value is -1.62. The Morgan fingerprint density at radius 3 is 2.64 bits per heavy atom. The zero-order valence-corrected chi connectivity index (χ0v) is 13.1. The third kappa shape index (κ3) is 3.24. The highest BCUT2D eigenvalue weighted by molar-refractivity contribution is 5.82. The smallest absolute Gasteiger partial charge is 0.239 e. The van der Waals surface area contributed by atoms with Gasteiger partial charge in [0, 0.05) is 26.2 Å². The van der Waals surface area contributed by atoms with Crippen LogP contribution in [-0.4, -0.2) is 49.6 Å². The van der Waals surface area contributed by atoms with Gasteiger partial charge in [0.15, 0.2) is 0 Å². The van der Waals surface area contributed by atoms with Crippen LogP contribution in [0.25, 0.3) is 0 Å². The van der Waals surface area contributed by atoms with Crippen molar-refractivity contribution in [3.63, 3.8) is 0 Å². The van der Waals surface area contributed by atoms with Gasteiger partial charge in [0.25, 0.3) is 0 Å². The van der Waals surface area contributed by atoms with E-state index in [-0.39, 0.29) is 17.8 Å². The molecule has 22 heavy (non-hydrogen) atoms. The van der Waals surface area contributed by atoms with E-state index in [4.69, 9.17) is 0 Å². The third-order valence-electron chi connectivity index (χ3n) is 4.75. The lowest BCUT2D eigenvalue weighted by molar-refractivity contribution is -0.134. The topological polar surface area (TPSA) is 35.6 Å². The van der Waals surface area contributed by atoms with E-state index in [2.05, 4.69) is 12.2 Å². The van der Waals surface area contributed by atoms with Crippen LogP contribution in [-0.2, 0) is 4.79 Å². The monoisotopic (exact) mass is 305 g/mol. The summed E-state index contributed by atoms with van der Waals surface area (Å²) in [6, 6.07) is 6.80. The minimum absolute atomic E-state index is 0.0382. The lowest BCUT2D eigenvalue weighted by atomic mass is 9.93. The van der Waals surface area contributed by atoms with E-state index in [1.807, 2.05) is 15.9 Å². The van der Waals surface area contributed by atoms with Crippen molar-refractivity contribution in [3.05, 3.63) is 30.1 Å². The van der Waals surface area contributed by atoms with Crippen LogP contribution >= 0.6 is 0 Å². The maximum Gasteiger partial charge on any atom is 0.239 e. The lowest BCUT2D eigenvalue weighted by Gasteiger charge is -2.39. The quantitative estimate of drug-likeness (QED) is 0.906. The van der Waals surface area contributed by atoms with E-state index in [0.29, 0.717) is 37.8 Å². The molecule has 1 N–H and O–H groups in total. The van der Waals surface area contributed by atoms with Gasteiger partial charge in [0.05, 0.1) is 11.7 Å². The Morgan fingerprint density at radius 1 is 1.23 bits per heavy atom. The molecule has 2 aliphatic rings. The van der Waals surface area contributed by atoms with Crippen LogP contribution in [0.15, 0.2) is 24.3 Å². The standard InChI is InChI=1S/C17H24FN3O/c1-13-6-7-19-15(12-13)17(22)21-10-8-20(9-11-21)16-5-3-2-4-14(16)18/h2-5,13,15,19H,6-12H2,1H3. The summed E-state index contributed by atoms with van der Waals surface area (Å²) in [5.41, 5.74) is 0.638. The molecule has 0 spiro atoms. The van der Waals surface area contributed by atoms with Gasteiger partial charge in [0.1, 0.15) is 5.82 Å². The fourth-order valence-corrected chi connectivity index (χ4v) is 3.39. The minimum Gasteiger partial charge on any atom is -0.366 e. The molecule has 5 heteroatoms. The number of amides is 1. The summed E-state index contributed by atoms with van der Waals surface area (Å²) < 4.78 is 13.8. The molecule has 4 nitrogen and oxygen atoms in total. The van der Waals surface area contributed by atoms with Crippen LogP contribution in [0.4, 0.5) is 10.1 Å². The number of nitrogens with zero attached hydrogens (tertiary/aromatic N) is 2. The van der Waals surface area contributed by atoms with Crippen molar-refractivity contribution in [1.82, 2.24) is 10.2 Å². The minimum atomic E-state index is -0.190. The van der Waals surface area contributed by atoms with Gasteiger partial charge in [-0.1, -0.05) is 19.1 Å². The number of halogens is 1. The van der Waals surface area contributed by atoms with Crippen LogP contribution in [0.5, 0.6) is 0 Å². The molecule has 1 aromatic rings. The van der Waals surface area contributed by atoms with E-state index < -0.39 is 0 Å². The van der Waals surface area contributed by atoms with Crippen molar-refractivity contribution in [3.8, 4) is 0 Å². The predicted octanol–water partition coefficient (Wildman–Crippen LogP) is 1.86. The maximum absolute atomic E-state index is 13.8. The summed E-state index contributed by atoms with van der Waals surface area (Å²) in [6.45, 7) is 5.84. The number of benzene rings is 1. The van der Waals surface area contributed by atoms with Crippen molar-refractivity contribution in [2.45, 2.75) is 25.8 Å². The number of nitrogens with one attached hydrogen (secondary N) is 1. The molecule has 1 amide bonds. The molecule has 2 atom stereocenters. The number of carbonyl (C=O) groups excluding carboxylic acids is 1. The normalized spacial score (nSPS) is 26.1. The Morgan fingerprint density at radius 2 is 1.95 bits per heavy atom. The molecule has 120 valence electrons. The van der Waals surface area contributed by atoms with Crippen LogP contribution in [0.2, 0.25) is 0 Å². The first-order valence-corrected chi connectivity index (χ1v) is 8.17. The summed E-state index contributed by atoms with van der Waals surface area (Å²) in [6.07, 6.45) is 2.07. The van der Waals surface area contributed by atoms with Crippen LogP contribution in [0.3, 0.4) is 0 Å². The Balaban J connectivity index is 1.57. The van der Waals surface area contributed by atoms with Gasteiger partial charge in [-0.25, -0.2) is 4.39 Å². The first kappa shape index (κ1) is 15.3. The third-order valence-corrected chi connectivity index (χ3v) is 4.75. The number of piperazine rings is 1. The molecule has 0 aliphatic carbocycles. The fourth-order valence-electron chi connectivity index (χ4n) is 3.39. The molecule has 0 radical (unpaired) electrons. The van der Waals surface area contributed by atoms with E-state index in [1.54, 1.807) is 12.1 Å². The zero-order chi connectivity index (χ0) is 15.5. The van der Waals surface area contributed by atoms with Crippen molar-refractivity contribution in [2.24, 2.45) is 5.92 Å². The van der Waals surface area contributed by atoms with Crippen molar-refractivity contribution in [1.29, 1.82) is 0 Å². The molecule has 3 rings (SSSR count). The highest BCUT2D eigenvalue weighted by atomic mass is 19.1. The second-order valence-corrected chi connectivity index (χ2v) is 6.40. The second kappa shape index (κ2) is 6.65. The number of carbonyl (C=O) groups is 1. The van der Waals surface area contributed by atoms with E-state index in [1.165, 1.54) is 6.07 Å². The number of para-hydroxylation sites is 1. The number of rotatable bonds is 2. The van der Waals surface area contributed by atoms with E-state index >= 15 is 0 Å². The molecular weight excluding hydrogens is 281 g/mol. The maximum atomic E-state index is 13.8. The molecule has 2 fully saturated rings. The molecule has 1 aromatic carbocycles. The summed E-state index contributed by atoms with van der Waals surface area (Å²) in [4.78, 5) is 16.5. The largest absolute Gasteiger partial charge is 0.366 e. The zero-order valence-electron chi connectivity index (χ0n) is 13.1. The predicted molar refractivity (Wildman–Crippen MR) is 85.4 cm³/mol. The first-order chi connectivity index (χ1) is 10.6. The Bertz CT molecular complexity index is 528. The van der Waals surface area contributed by atoms with E-state index in [0.717, 1.165) is 19.4 Å². The summed E-state index contributed by atoms with van der Waals surface area (Å²) >= 11 is 0.